The lowest BCUT2D eigenvalue weighted by Gasteiger charge is -2.14. The van der Waals surface area contributed by atoms with E-state index >= 15 is 0 Å². The molecule has 0 fully saturated rings. The lowest BCUT2D eigenvalue weighted by atomic mass is 10.2. The fraction of sp³-hybridized carbons (Fsp3) is 0.381. The minimum absolute atomic E-state index is 0.0845. The van der Waals surface area contributed by atoms with Crippen molar-refractivity contribution in [2.45, 2.75) is 39.2 Å². The Morgan fingerprint density at radius 2 is 1.67 bits per heavy atom. The van der Waals surface area contributed by atoms with Gasteiger partial charge in [-0.25, -0.2) is 4.39 Å². The number of nitrogens with two attached hydrogens (primary N) is 1. The van der Waals surface area contributed by atoms with Crippen molar-refractivity contribution in [3.63, 3.8) is 0 Å². The van der Waals surface area contributed by atoms with Crippen LogP contribution < -0.4 is 19.9 Å². The number of para-hydroxylation sites is 2. The summed E-state index contributed by atoms with van der Waals surface area (Å²) in [6, 6.07) is 12.0. The van der Waals surface area contributed by atoms with Gasteiger partial charge in [-0.1, -0.05) is 12.1 Å². The molecule has 2 aromatic carbocycles. The van der Waals surface area contributed by atoms with E-state index in [-0.39, 0.29) is 17.5 Å². The van der Waals surface area contributed by atoms with Crippen LogP contribution in [0.2, 0.25) is 0 Å². The highest BCUT2D eigenvalue weighted by Crippen LogP contribution is 2.27. The Labute approximate surface area is 159 Å². The summed E-state index contributed by atoms with van der Waals surface area (Å²) in [5.41, 5.74) is 5.37. The minimum atomic E-state index is -0.546. The van der Waals surface area contributed by atoms with Crippen LogP contribution in [0.4, 0.5) is 4.39 Å². The molecule has 0 aliphatic rings. The van der Waals surface area contributed by atoms with Gasteiger partial charge >= 0.3 is 0 Å². The summed E-state index contributed by atoms with van der Waals surface area (Å²) in [7, 11) is 0. The lowest BCUT2D eigenvalue weighted by Crippen LogP contribution is -2.13. The largest absolute Gasteiger partial charge is 0.493 e. The van der Waals surface area contributed by atoms with Crippen molar-refractivity contribution in [3.8, 4) is 17.2 Å². The number of hydrogen-bond acceptors (Lipinski definition) is 4. The molecule has 0 aromatic heterocycles. The van der Waals surface area contributed by atoms with E-state index in [4.69, 9.17) is 25.4 Å². The van der Waals surface area contributed by atoms with E-state index in [1.54, 1.807) is 6.07 Å². The lowest BCUT2D eigenvalue weighted by molar-refractivity contribution is 0.218. The molecule has 0 heterocycles. The summed E-state index contributed by atoms with van der Waals surface area (Å²) in [6.07, 6.45) is 2.75. The molecule has 0 radical (unpaired) electrons. The first-order chi connectivity index (χ1) is 13.0. The molecular formula is C21H27FN2O3. The monoisotopic (exact) mass is 374 g/mol. The summed E-state index contributed by atoms with van der Waals surface area (Å²) >= 11 is 0. The van der Waals surface area contributed by atoms with Gasteiger partial charge in [-0.2, -0.15) is 0 Å². The average Bonchev–Trinajstić information content (AvgIpc) is 2.61. The van der Waals surface area contributed by atoms with E-state index in [0.717, 1.165) is 30.8 Å². The maximum Gasteiger partial charge on any atom is 0.161 e. The predicted molar refractivity (Wildman–Crippen MR) is 104 cm³/mol. The van der Waals surface area contributed by atoms with Gasteiger partial charge in [0.05, 0.1) is 24.9 Å². The molecule has 6 heteroatoms. The molecule has 0 saturated heterocycles. The number of nitrogen functional groups attached to an aromatic ring is 1. The highest BCUT2D eigenvalue weighted by atomic mass is 19.1. The maximum atomic E-state index is 13.7. The highest BCUT2D eigenvalue weighted by Gasteiger charge is 2.07. The molecule has 5 nitrogen and oxygen atoms in total. The topological polar surface area (TPSA) is 77.6 Å². The first kappa shape index (κ1) is 20.6. The molecule has 0 amide bonds. The predicted octanol–water partition coefficient (Wildman–Crippen LogP) is 4.53. The van der Waals surface area contributed by atoms with Crippen molar-refractivity contribution in [2.75, 3.05) is 13.2 Å². The molecule has 27 heavy (non-hydrogen) atoms. The second kappa shape index (κ2) is 10.4. The van der Waals surface area contributed by atoms with Crippen LogP contribution in [0.25, 0.3) is 0 Å². The van der Waals surface area contributed by atoms with E-state index in [2.05, 4.69) is 0 Å². The number of hydrogen-bond donors (Lipinski definition) is 2. The second-order valence-electron chi connectivity index (χ2n) is 6.43. The SMILES string of the molecule is CC(C)Oc1ccccc1OCCCCCOc1ccc(C(=N)N)c(F)c1. The van der Waals surface area contributed by atoms with E-state index in [9.17, 15) is 4.39 Å². The Kier molecular flexibility index (Phi) is 7.92. The molecule has 0 unspecified atom stereocenters. The third kappa shape index (κ3) is 6.81. The van der Waals surface area contributed by atoms with Gasteiger partial charge in [0.15, 0.2) is 11.5 Å². The number of ether oxygens (including phenoxy) is 3. The van der Waals surface area contributed by atoms with Crippen molar-refractivity contribution in [1.29, 1.82) is 5.41 Å². The van der Waals surface area contributed by atoms with Crippen molar-refractivity contribution in [2.24, 2.45) is 5.73 Å². The molecule has 3 N–H and O–H groups in total. The molecular weight excluding hydrogens is 347 g/mol. The van der Waals surface area contributed by atoms with Crippen molar-refractivity contribution in [1.82, 2.24) is 0 Å². The fourth-order valence-corrected chi connectivity index (χ4v) is 2.48. The Bertz CT molecular complexity index is 750. The quantitative estimate of drug-likeness (QED) is 0.344. The van der Waals surface area contributed by atoms with Crippen molar-refractivity contribution < 1.29 is 18.6 Å². The third-order valence-electron chi connectivity index (χ3n) is 3.76. The molecule has 2 rings (SSSR count). The highest BCUT2D eigenvalue weighted by molar-refractivity contribution is 5.95. The summed E-state index contributed by atoms with van der Waals surface area (Å²) in [4.78, 5) is 0. The summed E-state index contributed by atoms with van der Waals surface area (Å²) in [5.74, 6) is 1.11. The van der Waals surface area contributed by atoms with Crippen LogP contribution in [0.3, 0.4) is 0 Å². The normalized spacial score (nSPS) is 10.7. The maximum absolute atomic E-state index is 13.7. The van der Waals surface area contributed by atoms with Gasteiger partial charge in [-0.05, 0) is 57.4 Å². The number of benzene rings is 2. The van der Waals surface area contributed by atoms with Crippen LogP contribution in [-0.4, -0.2) is 25.2 Å². The third-order valence-corrected chi connectivity index (χ3v) is 3.76. The summed E-state index contributed by atoms with van der Waals surface area (Å²) in [6.45, 7) is 5.05. The van der Waals surface area contributed by atoms with E-state index in [0.29, 0.717) is 19.0 Å². The average molecular weight is 374 g/mol. The molecule has 0 atom stereocenters. The van der Waals surface area contributed by atoms with Gasteiger partial charge in [0, 0.05) is 6.07 Å². The molecule has 0 spiro atoms. The number of halogens is 1. The Morgan fingerprint density at radius 1 is 1.00 bits per heavy atom. The second-order valence-corrected chi connectivity index (χ2v) is 6.43. The van der Waals surface area contributed by atoms with Gasteiger partial charge in [-0.3, -0.25) is 5.41 Å². The van der Waals surface area contributed by atoms with Gasteiger partial charge in [0.2, 0.25) is 0 Å². The molecule has 0 aliphatic carbocycles. The van der Waals surface area contributed by atoms with Gasteiger partial charge in [0.25, 0.3) is 0 Å². The molecule has 0 bridgehead atoms. The zero-order valence-electron chi connectivity index (χ0n) is 15.8. The number of nitrogens with one attached hydrogen (secondary N) is 1. The zero-order valence-corrected chi connectivity index (χ0v) is 15.8. The first-order valence-corrected chi connectivity index (χ1v) is 9.12. The Balaban J connectivity index is 1.66. The smallest absolute Gasteiger partial charge is 0.161 e. The molecule has 0 saturated carbocycles. The van der Waals surface area contributed by atoms with Crippen LogP contribution >= 0.6 is 0 Å². The minimum Gasteiger partial charge on any atom is -0.493 e. The van der Waals surface area contributed by atoms with Crippen LogP contribution in [0.15, 0.2) is 42.5 Å². The molecule has 0 aliphatic heterocycles. The summed E-state index contributed by atoms with van der Waals surface area (Å²) < 4.78 is 30.8. The van der Waals surface area contributed by atoms with Gasteiger partial charge in [0.1, 0.15) is 17.4 Å². The van der Waals surface area contributed by atoms with Crippen LogP contribution in [0.1, 0.15) is 38.7 Å². The van der Waals surface area contributed by atoms with Crippen molar-refractivity contribution in [3.05, 3.63) is 53.8 Å². The van der Waals surface area contributed by atoms with Crippen LogP contribution in [0.5, 0.6) is 17.2 Å². The van der Waals surface area contributed by atoms with E-state index < -0.39 is 5.82 Å². The molecule has 2 aromatic rings. The van der Waals surface area contributed by atoms with Gasteiger partial charge in [-0.15, -0.1) is 0 Å². The molecule has 146 valence electrons. The van der Waals surface area contributed by atoms with E-state index in [1.165, 1.54) is 12.1 Å². The van der Waals surface area contributed by atoms with Crippen LogP contribution in [-0.2, 0) is 0 Å². The number of unbranched alkanes of at least 4 members (excludes halogenated alkanes) is 2. The standard InChI is InChI=1S/C21H27FN2O3/c1-15(2)27-20-9-5-4-8-19(20)26-13-7-3-6-12-25-16-10-11-17(21(23)24)18(22)14-16/h4-5,8-11,14-15H,3,6-7,12-13H2,1-2H3,(H3,23,24). The zero-order chi connectivity index (χ0) is 19.6. The Hall–Kier alpha value is -2.76. The van der Waals surface area contributed by atoms with Gasteiger partial charge < -0.3 is 19.9 Å². The Morgan fingerprint density at radius 3 is 2.30 bits per heavy atom. The van der Waals surface area contributed by atoms with Crippen LogP contribution in [0, 0.1) is 11.2 Å². The van der Waals surface area contributed by atoms with Crippen molar-refractivity contribution >= 4 is 5.84 Å². The first-order valence-electron chi connectivity index (χ1n) is 9.12. The van der Waals surface area contributed by atoms with E-state index in [1.807, 2.05) is 38.1 Å². The number of rotatable bonds is 11. The fourth-order valence-electron chi connectivity index (χ4n) is 2.48. The summed E-state index contributed by atoms with van der Waals surface area (Å²) in [5, 5.41) is 7.26. The number of amidine groups is 1.